The molecule has 1 amide bonds. The highest BCUT2D eigenvalue weighted by atomic mass is 32.2. The fourth-order valence-electron chi connectivity index (χ4n) is 3.23. The van der Waals surface area contributed by atoms with Crippen molar-refractivity contribution in [2.45, 2.75) is 32.0 Å². The summed E-state index contributed by atoms with van der Waals surface area (Å²) in [6.45, 7) is 5.69. The van der Waals surface area contributed by atoms with Crippen LogP contribution in [0.5, 0.6) is 17.2 Å². The number of hydrogen-bond acceptors (Lipinski definition) is 7. The fourth-order valence-corrected chi connectivity index (χ4v) is 4.16. The van der Waals surface area contributed by atoms with Crippen molar-refractivity contribution in [2.75, 3.05) is 32.4 Å². The van der Waals surface area contributed by atoms with E-state index in [1.807, 2.05) is 26.8 Å². The molecule has 2 heterocycles. The molecule has 1 aromatic carbocycles. The summed E-state index contributed by atoms with van der Waals surface area (Å²) in [6.07, 6.45) is 0. The lowest BCUT2D eigenvalue weighted by atomic mass is 10.2. The lowest BCUT2D eigenvalue weighted by molar-refractivity contribution is -0.113. The minimum Gasteiger partial charge on any atom is -0.493 e. The summed E-state index contributed by atoms with van der Waals surface area (Å²) in [6, 6.07) is 5.03. The molecule has 0 aliphatic rings. The lowest BCUT2D eigenvalue weighted by Gasteiger charge is -2.16. The Morgan fingerprint density at radius 1 is 1.16 bits per heavy atom. The minimum atomic E-state index is -0.255. The number of rotatable bonds is 8. The van der Waals surface area contributed by atoms with Gasteiger partial charge in [-0.05, 0) is 26.8 Å². The molecule has 3 rings (SSSR count). The second-order valence-electron chi connectivity index (χ2n) is 7.13. The van der Waals surface area contributed by atoms with E-state index in [1.165, 1.54) is 33.1 Å². The van der Waals surface area contributed by atoms with Gasteiger partial charge in [0.15, 0.2) is 16.7 Å². The Morgan fingerprint density at radius 3 is 2.35 bits per heavy atom. The molecule has 0 saturated carbocycles. The number of nitrogens with one attached hydrogen (secondary N) is 2. The summed E-state index contributed by atoms with van der Waals surface area (Å²) in [7, 11) is 4.53. The third kappa shape index (κ3) is 4.63. The predicted molar refractivity (Wildman–Crippen MR) is 121 cm³/mol. The van der Waals surface area contributed by atoms with Gasteiger partial charge in [0.25, 0.3) is 5.56 Å². The molecule has 0 radical (unpaired) electrons. The largest absolute Gasteiger partial charge is 0.493 e. The van der Waals surface area contributed by atoms with Gasteiger partial charge < -0.3 is 24.5 Å². The van der Waals surface area contributed by atoms with Crippen molar-refractivity contribution in [3.05, 3.63) is 34.2 Å². The monoisotopic (exact) mass is 446 g/mol. The Kier molecular flexibility index (Phi) is 6.79. The molecule has 31 heavy (non-hydrogen) atoms. The van der Waals surface area contributed by atoms with Crippen LogP contribution in [-0.4, -0.2) is 47.5 Å². The maximum Gasteiger partial charge on any atom is 0.278 e. The smallest absolute Gasteiger partial charge is 0.278 e. The third-order valence-corrected chi connectivity index (χ3v) is 5.54. The maximum absolute atomic E-state index is 12.9. The van der Waals surface area contributed by atoms with E-state index in [-0.39, 0.29) is 23.3 Å². The second kappa shape index (κ2) is 9.34. The lowest BCUT2D eigenvalue weighted by Crippen LogP contribution is -2.25. The number of carbonyl (C=O) groups excluding carboxylic acids is 1. The first-order valence-corrected chi connectivity index (χ1v) is 10.6. The van der Waals surface area contributed by atoms with E-state index in [1.54, 1.807) is 16.7 Å². The van der Waals surface area contributed by atoms with E-state index >= 15 is 0 Å². The average Bonchev–Trinajstić information content (AvgIpc) is 3.11. The van der Waals surface area contributed by atoms with Crippen LogP contribution >= 0.6 is 11.8 Å². The van der Waals surface area contributed by atoms with Crippen molar-refractivity contribution >= 4 is 34.4 Å². The zero-order valence-corrected chi connectivity index (χ0v) is 19.2. The Bertz CT molecular complexity index is 1140. The summed E-state index contributed by atoms with van der Waals surface area (Å²) in [5.41, 5.74) is 2.27. The second-order valence-corrected chi connectivity index (χ2v) is 8.07. The Balaban J connectivity index is 1.82. The average molecular weight is 447 g/mol. The zero-order chi connectivity index (χ0) is 22.7. The van der Waals surface area contributed by atoms with E-state index in [0.717, 1.165) is 5.69 Å². The van der Waals surface area contributed by atoms with E-state index in [0.29, 0.717) is 39.1 Å². The van der Waals surface area contributed by atoms with Crippen LogP contribution in [0.15, 0.2) is 28.2 Å². The number of aromatic amines is 1. The molecule has 0 spiro atoms. The van der Waals surface area contributed by atoms with Gasteiger partial charge in [-0.2, -0.15) is 0 Å². The molecular weight excluding hydrogens is 420 g/mol. The third-order valence-electron chi connectivity index (χ3n) is 4.58. The minimum absolute atomic E-state index is 0.0741. The number of amides is 1. The van der Waals surface area contributed by atoms with Crippen LogP contribution in [0.4, 0.5) is 5.69 Å². The van der Waals surface area contributed by atoms with Gasteiger partial charge in [0.1, 0.15) is 5.52 Å². The highest BCUT2D eigenvalue weighted by Gasteiger charge is 2.18. The molecule has 0 saturated heterocycles. The quantitative estimate of drug-likeness (QED) is 0.403. The standard InChI is InChI=1S/C21H26N4O5S/c1-11(2)25-20(27)18-14(7-12(3)22-18)24-21(25)31-10-17(26)23-13-8-15(28-4)19(30-6)16(9-13)29-5/h7-9,11,22H,10H2,1-6H3,(H,23,26). The Morgan fingerprint density at radius 2 is 1.81 bits per heavy atom. The summed E-state index contributed by atoms with van der Waals surface area (Å²) in [5, 5.41) is 3.31. The number of aromatic nitrogens is 3. The number of fused-ring (bicyclic) bond motifs is 1. The maximum atomic E-state index is 12.9. The van der Waals surface area contributed by atoms with Crippen LogP contribution in [0.25, 0.3) is 11.0 Å². The molecular formula is C21H26N4O5S. The van der Waals surface area contributed by atoms with Gasteiger partial charge in [-0.25, -0.2) is 4.98 Å². The van der Waals surface area contributed by atoms with Crippen LogP contribution in [0.1, 0.15) is 25.6 Å². The number of anilines is 1. The molecule has 0 bridgehead atoms. The number of aryl methyl sites for hydroxylation is 1. The van der Waals surface area contributed by atoms with Crippen molar-refractivity contribution < 1.29 is 19.0 Å². The first-order valence-electron chi connectivity index (χ1n) is 9.63. The van der Waals surface area contributed by atoms with E-state index in [4.69, 9.17) is 14.2 Å². The van der Waals surface area contributed by atoms with Crippen molar-refractivity contribution in [1.82, 2.24) is 14.5 Å². The van der Waals surface area contributed by atoms with Crippen molar-refractivity contribution in [2.24, 2.45) is 0 Å². The van der Waals surface area contributed by atoms with E-state index < -0.39 is 0 Å². The molecule has 0 atom stereocenters. The predicted octanol–water partition coefficient (Wildman–Crippen LogP) is 3.37. The molecule has 0 aliphatic carbocycles. The van der Waals surface area contributed by atoms with Crippen LogP contribution in [0.2, 0.25) is 0 Å². The first-order chi connectivity index (χ1) is 14.8. The van der Waals surface area contributed by atoms with E-state index in [2.05, 4.69) is 15.3 Å². The molecule has 0 unspecified atom stereocenters. The summed E-state index contributed by atoms with van der Waals surface area (Å²) in [4.78, 5) is 33.1. The number of methoxy groups -OCH3 is 3. The number of carbonyl (C=O) groups is 1. The molecule has 3 aromatic rings. The van der Waals surface area contributed by atoms with Crippen molar-refractivity contribution in [3.8, 4) is 17.2 Å². The number of hydrogen-bond donors (Lipinski definition) is 2. The van der Waals surface area contributed by atoms with E-state index in [9.17, 15) is 9.59 Å². The van der Waals surface area contributed by atoms with Gasteiger partial charge in [0.2, 0.25) is 11.7 Å². The first kappa shape index (κ1) is 22.5. The highest BCUT2D eigenvalue weighted by molar-refractivity contribution is 7.99. The molecule has 2 N–H and O–H groups in total. The van der Waals surface area contributed by atoms with Gasteiger partial charge >= 0.3 is 0 Å². The molecule has 9 nitrogen and oxygen atoms in total. The number of H-pyrrole nitrogens is 1. The topological polar surface area (TPSA) is 107 Å². The number of benzene rings is 1. The van der Waals surface area contributed by atoms with Crippen LogP contribution in [-0.2, 0) is 4.79 Å². The molecule has 10 heteroatoms. The molecule has 2 aromatic heterocycles. The number of thioether (sulfide) groups is 1. The molecule has 0 aliphatic heterocycles. The molecule has 0 fully saturated rings. The highest BCUT2D eigenvalue weighted by Crippen LogP contribution is 2.40. The zero-order valence-electron chi connectivity index (χ0n) is 18.4. The Hall–Kier alpha value is -3.14. The van der Waals surface area contributed by atoms with Gasteiger partial charge in [-0.15, -0.1) is 0 Å². The van der Waals surface area contributed by atoms with Crippen LogP contribution in [0.3, 0.4) is 0 Å². The Labute approximate surface area is 184 Å². The summed E-state index contributed by atoms with van der Waals surface area (Å²) >= 11 is 1.21. The number of nitrogens with zero attached hydrogens (tertiary/aromatic N) is 2. The van der Waals surface area contributed by atoms with Crippen molar-refractivity contribution in [1.29, 1.82) is 0 Å². The summed E-state index contributed by atoms with van der Waals surface area (Å²) < 4.78 is 17.5. The summed E-state index contributed by atoms with van der Waals surface area (Å²) in [5.74, 6) is 1.14. The normalized spacial score (nSPS) is 11.1. The van der Waals surface area contributed by atoms with Crippen molar-refractivity contribution in [3.63, 3.8) is 0 Å². The van der Waals surface area contributed by atoms with Crippen LogP contribution in [0, 0.1) is 6.92 Å². The van der Waals surface area contributed by atoms with Crippen LogP contribution < -0.4 is 25.1 Å². The SMILES string of the molecule is COc1cc(NC(=O)CSc2nc3cc(C)[nH]c3c(=O)n2C(C)C)cc(OC)c1OC. The van der Waals surface area contributed by atoms with Gasteiger partial charge in [-0.3, -0.25) is 14.2 Å². The van der Waals surface area contributed by atoms with Gasteiger partial charge in [0.05, 0.1) is 32.6 Å². The number of ether oxygens (including phenoxy) is 3. The fraction of sp³-hybridized carbons (Fsp3) is 0.381. The van der Waals surface area contributed by atoms with Gasteiger partial charge in [-0.1, -0.05) is 11.8 Å². The van der Waals surface area contributed by atoms with Gasteiger partial charge in [0, 0.05) is 29.6 Å². The molecule has 166 valence electrons.